The van der Waals surface area contributed by atoms with E-state index in [-0.39, 0.29) is 24.0 Å². The van der Waals surface area contributed by atoms with Crippen LogP contribution in [0, 0.1) is 5.92 Å². The molecule has 1 aromatic rings. The number of aliphatic imine (C=N–C) groups is 1. The molecule has 0 aliphatic heterocycles. The Labute approximate surface area is 137 Å². The molecule has 7 heteroatoms. The molecule has 0 amide bonds. The highest BCUT2D eigenvalue weighted by Crippen LogP contribution is 2.24. The summed E-state index contributed by atoms with van der Waals surface area (Å²) in [6.07, 6.45) is 5.83. The van der Waals surface area contributed by atoms with E-state index >= 15 is 0 Å². The van der Waals surface area contributed by atoms with Crippen LogP contribution in [0.25, 0.3) is 0 Å². The van der Waals surface area contributed by atoms with E-state index in [0.29, 0.717) is 12.5 Å². The first-order valence-corrected chi connectivity index (χ1v) is 6.79. The molecule has 0 radical (unpaired) electrons. The van der Waals surface area contributed by atoms with Gasteiger partial charge in [0.1, 0.15) is 0 Å². The molecule has 0 aromatic carbocycles. The summed E-state index contributed by atoms with van der Waals surface area (Å²) in [7, 11) is 5.94. The van der Waals surface area contributed by atoms with Crippen molar-refractivity contribution < 1.29 is 0 Å². The molecule has 1 aliphatic carbocycles. The molecular formula is C13H25IN6. The van der Waals surface area contributed by atoms with E-state index in [1.54, 1.807) is 0 Å². The van der Waals surface area contributed by atoms with Gasteiger partial charge in [-0.1, -0.05) is 6.42 Å². The third-order valence-corrected chi connectivity index (χ3v) is 3.67. The number of nitrogens with zero attached hydrogens (tertiary/aromatic N) is 4. The highest BCUT2D eigenvalue weighted by Gasteiger charge is 2.16. The van der Waals surface area contributed by atoms with E-state index in [1.165, 1.54) is 19.3 Å². The molecule has 114 valence electrons. The number of rotatable bonds is 5. The molecule has 0 atom stereocenters. The summed E-state index contributed by atoms with van der Waals surface area (Å²) in [6.45, 7) is 1.50. The quantitative estimate of drug-likeness (QED) is 0.450. The fraction of sp³-hybridized carbons (Fsp3) is 0.692. The first kappa shape index (κ1) is 17.1. The van der Waals surface area contributed by atoms with Crippen LogP contribution < -0.4 is 16.0 Å². The zero-order chi connectivity index (χ0) is 13.8. The predicted octanol–water partition coefficient (Wildman–Crippen LogP) is 1.31. The van der Waals surface area contributed by atoms with Gasteiger partial charge in [0.05, 0.1) is 18.4 Å². The fourth-order valence-corrected chi connectivity index (χ4v) is 2.16. The van der Waals surface area contributed by atoms with Crippen LogP contribution in [-0.2, 0) is 13.6 Å². The molecule has 1 heterocycles. The Morgan fingerprint density at radius 3 is 2.75 bits per heavy atom. The molecule has 0 unspecified atom stereocenters. The third-order valence-electron chi connectivity index (χ3n) is 3.67. The van der Waals surface area contributed by atoms with Gasteiger partial charge in [-0.25, -0.2) is 9.98 Å². The van der Waals surface area contributed by atoms with Gasteiger partial charge in [-0.2, -0.15) is 0 Å². The van der Waals surface area contributed by atoms with Crippen molar-refractivity contribution in [3.63, 3.8) is 0 Å². The highest BCUT2D eigenvalue weighted by molar-refractivity contribution is 14.0. The number of aromatic nitrogens is 2. The molecule has 0 saturated heterocycles. The topological polar surface area (TPSA) is 71.5 Å². The second-order valence-corrected chi connectivity index (χ2v) is 5.38. The highest BCUT2D eigenvalue weighted by atomic mass is 127. The van der Waals surface area contributed by atoms with Gasteiger partial charge < -0.3 is 20.5 Å². The molecule has 1 saturated carbocycles. The van der Waals surface area contributed by atoms with Crippen LogP contribution in [-0.4, -0.2) is 36.2 Å². The lowest BCUT2D eigenvalue weighted by Gasteiger charge is -2.25. The Hall–Kier alpha value is -0.990. The average Bonchev–Trinajstić information content (AvgIpc) is 2.66. The van der Waals surface area contributed by atoms with Gasteiger partial charge >= 0.3 is 0 Å². The summed E-state index contributed by atoms with van der Waals surface area (Å²) in [5, 5.41) is 3.19. The van der Waals surface area contributed by atoms with Gasteiger partial charge in [0.25, 0.3) is 0 Å². The van der Waals surface area contributed by atoms with Crippen molar-refractivity contribution in [2.24, 2.45) is 23.7 Å². The zero-order valence-electron chi connectivity index (χ0n) is 12.5. The maximum absolute atomic E-state index is 5.86. The normalized spacial score (nSPS) is 15.4. The lowest BCUT2D eigenvalue weighted by molar-refractivity contribution is 0.315. The predicted molar refractivity (Wildman–Crippen MR) is 93.6 cm³/mol. The average molecular weight is 392 g/mol. The SMILES string of the molecule is CN(C)c1ncc(CN=C(N)NCC2CCC2)n1C.I. The Balaban J connectivity index is 0.00000200. The number of anilines is 1. The summed E-state index contributed by atoms with van der Waals surface area (Å²) in [6, 6.07) is 0. The van der Waals surface area contributed by atoms with Crippen molar-refractivity contribution in [1.82, 2.24) is 14.9 Å². The molecule has 1 fully saturated rings. The minimum Gasteiger partial charge on any atom is -0.370 e. The number of hydrogen-bond donors (Lipinski definition) is 2. The zero-order valence-corrected chi connectivity index (χ0v) is 14.8. The van der Waals surface area contributed by atoms with Crippen molar-refractivity contribution in [2.75, 3.05) is 25.5 Å². The number of hydrogen-bond acceptors (Lipinski definition) is 3. The fourth-order valence-electron chi connectivity index (χ4n) is 2.16. The Morgan fingerprint density at radius 2 is 2.25 bits per heavy atom. The smallest absolute Gasteiger partial charge is 0.204 e. The summed E-state index contributed by atoms with van der Waals surface area (Å²) >= 11 is 0. The van der Waals surface area contributed by atoms with Gasteiger partial charge in [0, 0.05) is 27.7 Å². The van der Waals surface area contributed by atoms with E-state index in [2.05, 4.69) is 15.3 Å². The van der Waals surface area contributed by atoms with Crippen molar-refractivity contribution in [3.05, 3.63) is 11.9 Å². The van der Waals surface area contributed by atoms with E-state index < -0.39 is 0 Å². The second-order valence-electron chi connectivity index (χ2n) is 5.38. The number of guanidine groups is 1. The maximum Gasteiger partial charge on any atom is 0.204 e. The Morgan fingerprint density at radius 1 is 1.55 bits per heavy atom. The number of nitrogens with two attached hydrogens (primary N) is 1. The molecule has 3 N–H and O–H groups in total. The molecule has 6 nitrogen and oxygen atoms in total. The van der Waals surface area contributed by atoms with Gasteiger partial charge in [-0.3, -0.25) is 0 Å². The third kappa shape index (κ3) is 4.26. The van der Waals surface area contributed by atoms with Gasteiger partial charge in [0.2, 0.25) is 5.95 Å². The largest absolute Gasteiger partial charge is 0.370 e. The summed E-state index contributed by atoms with van der Waals surface area (Å²) in [4.78, 5) is 10.7. The van der Waals surface area contributed by atoms with Crippen LogP contribution in [0.1, 0.15) is 25.0 Å². The molecule has 1 aliphatic rings. The molecule has 20 heavy (non-hydrogen) atoms. The minimum atomic E-state index is 0. The molecular weight excluding hydrogens is 367 g/mol. The second kappa shape index (κ2) is 7.70. The van der Waals surface area contributed by atoms with Gasteiger partial charge in [0.15, 0.2) is 5.96 Å². The lowest BCUT2D eigenvalue weighted by atomic mass is 9.85. The summed E-state index contributed by atoms with van der Waals surface area (Å²) < 4.78 is 2.03. The summed E-state index contributed by atoms with van der Waals surface area (Å²) in [5.74, 6) is 2.23. The van der Waals surface area contributed by atoms with Crippen LogP contribution in [0.2, 0.25) is 0 Å². The van der Waals surface area contributed by atoms with E-state index in [4.69, 9.17) is 5.73 Å². The van der Waals surface area contributed by atoms with E-state index in [0.717, 1.165) is 24.1 Å². The van der Waals surface area contributed by atoms with Crippen LogP contribution >= 0.6 is 24.0 Å². The first-order valence-electron chi connectivity index (χ1n) is 6.79. The number of nitrogens with one attached hydrogen (secondary N) is 1. The van der Waals surface area contributed by atoms with Crippen LogP contribution in [0.3, 0.4) is 0 Å². The van der Waals surface area contributed by atoms with Crippen molar-refractivity contribution >= 4 is 35.9 Å². The number of imidazole rings is 1. The van der Waals surface area contributed by atoms with E-state index in [1.807, 2.05) is 36.8 Å². The Kier molecular flexibility index (Phi) is 6.57. The summed E-state index contributed by atoms with van der Waals surface area (Å²) in [5.41, 5.74) is 6.92. The standard InChI is InChI=1S/C13H24N6.HI/c1-18(2)13-17-9-11(19(13)3)8-16-12(14)15-7-10-5-4-6-10;/h9-10H,4-8H2,1-3H3,(H3,14,15,16);1H. The van der Waals surface area contributed by atoms with Crippen LogP contribution in [0.4, 0.5) is 5.95 Å². The molecule has 2 rings (SSSR count). The molecule has 0 bridgehead atoms. The van der Waals surface area contributed by atoms with Gasteiger partial charge in [-0.15, -0.1) is 24.0 Å². The molecule has 1 aromatic heterocycles. The number of halogens is 1. The Bertz CT molecular complexity index is 450. The van der Waals surface area contributed by atoms with Gasteiger partial charge in [-0.05, 0) is 18.8 Å². The monoisotopic (exact) mass is 392 g/mol. The minimum absolute atomic E-state index is 0. The van der Waals surface area contributed by atoms with Crippen molar-refractivity contribution in [3.8, 4) is 0 Å². The first-order chi connectivity index (χ1) is 9.08. The van der Waals surface area contributed by atoms with Crippen LogP contribution in [0.5, 0.6) is 0 Å². The van der Waals surface area contributed by atoms with Crippen molar-refractivity contribution in [2.45, 2.75) is 25.8 Å². The van der Waals surface area contributed by atoms with Crippen LogP contribution in [0.15, 0.2) is 11.2 Å². The van der Waals surface area contributed by atoms with E-state index in [9.17, 15) is 0 Å². The molecule has 0 spiro atoms. The lowest BCUT2D eigenvalue weighted by Crippen LogP contribution is -2.37. The maximum atomic E-state index is 5.86. The van der Waals surface area contributed by atoms with Crippen molar-refractivity contribution in [1.29, 1.82) is 0 Å².